The van der Waals surface area contributed by atoms with Crippen molar-refractivity contribution in [3.8, 4) is 5.75 Å². The fraction of sp³-hybridized carbons (Fsp3) is 0.250. The van der Waals surface area contributed by atoms with Crippen molar-refractivity contribution in [2.45, 2.75) is 6.92 Å². The van der Waals surface area contributed by atoms with Gasteiger partial charge < -0.3 is 4.74 Å². The molecule has 0 saturated heterocycles. The quantitative estimate of drug-likeness (QED) is 0.643. The second kappa shape index (κ2) is 3.50. The van der Waals surface area contributed by atoms with Crippen LogP contribution in [0.15, 0.2) is 6.07 Å². The minimum Gasteiger partial charge on any atom is -0.494 e. The van der Waals surface area contributed by atoms with Gasteiger partial charge in [0.2, 0.25) is 0 Å². The van der Waals surface area contributed by atoms with Gasteiger partial charge in [0.25, 0.3) is 0 Å². The summed E-state index contributed by atoms with van der Waals surface area (Å²) in [5.41, 5.74) is 0.306. The van der Waals surface area contributed by atoms with Gasteiger partial charge in [-0.2, -0.15) is 0 Å². The molecule has 0 aromatic heterocycles. The number of halogens is 3. The Morgan fingerprint density at radius 1 is 1.42 bits per heavy atom. The van der Waals surface area contributed by atoms with E-state index in [1.54, 1.807) is 6.92 Å². The summed E-state index contributed by atoms with van der Waals surface area (Å²) in [6.07, 6.45) is 0. The Bertz CT molecular complexity index is 312. The average Bonchev–Trinajstić information content (AvgIpc) is 2.08. The van der Waals surface area contributed by atoms with Crippen LogP contribution in [0, 0.1) is 12.7 Å². The van der Waals surface area contributed by atoms with Crippen molar-refractivity contribution in [2.24, 2.45) is 0 Å². The molecule has 0 aliphatic carbocycles. The average molecular weight is 209 g/mol. The molecule has 1 aromatic rings. The molecule has 0 atom stereocenters. The van der Waals surface area contributed by atoms with E-state index < -0.39 is 5.82 Å². The zero-order valence-corrected chi connectivity index (χ0v) is 8.13. The fourth-order valence-electron chi connectivity index (χ4n) is 0.851. The van der Waals surface area contributed by atoms with Crippen molar-refractivity contribution in [3.05, 3.63) is 27.5 Å². The molecule has 1 aromatic carbocycles. The summed E-state index contributed by atoms with van der Waals surface area (Å²) < 4.78 is 17.9. The Morgan fingerprint density at radius 3 is 2.50 bits per heavy atom. The number of rotatable bonds is 1. The zero-order valence-electron chi connectivity index (χ0n) is 6.62. The summed E-state index contributed by atoms with van der Waals surface area (Å²) in [5, 5.41) is 0.530. The second-order valence-corrected chi connectivity index (χ2v) is 3.10. The normalized spacial score (nSPS) is 10.1. The first kappa shape index (κ1) is 9.62. The lowest BCUT2D eigenvalue weighted by atomic mass is 10.2. The van der Waals surface area contributed by atoms with Crippen molar-refractivity contribution in [3.63, 3.8) is 0 Å². The van der Waals surface area contributed by atoms with Crippen LogP contribution in [-0.2, 0) is 0 Å². The van der Waals surface area contributed by atoms with Crippen LogP contribution in [0.4, 0.5) is 4.39 Å². The van der Waals surface area contributed by atoms with Gasteiger partial charge in [0.15, 0.2) is 11.6 Å². The van der Waals surface area contributed by atoms with E-state index in [0.29, 0.717) is 10.6 Å². The molecule has 4 heteroatoms. The first-order valence-corrected chi connectivity index (χ1v) is 4.01. The lowest BCUT2D eigenvalue weighted by Gasteiger charge is -2.07. The monoisotopic (exact) mass is 208 g/mol. The first-order chi connectivity index (χ1) is 5.57. The summed E-state index contributed by atoms with van der Waals surface area (Å²) in [7, 11) is 1.38. The van der Waals surface area contributed by atoms with Gasteiger partial charge >= 0.3 is 0 Å². The van der Waals surface area contributed by atoms with Crippen LogP contribution in [0.25, 0.3) is 0 Å². The van der Waals surface area contributed by atoms with Crippen LogP contribution in [0.2, 0.25) is 10.0 Å². The van der Waals surface area contributed by atoms with Gasteiger partial charge in [0, 0.05) is 11.6 Å². The maximum Gasteiger partial charge on any atom is 0.169 e. The molecule has 1 nitrogen and oxygen atoms in total. The SMILES string of the molecule is COc1cc(Cl)c(Cl)c(C)c1F. The Morgan fingerprint density at radius 2 is 2.00 bits per heavy atom. The Kier molecular flexibility index (Phi) is 2.80. The predicted octanol–water partition coefficient (Wildman–Crippen LogP) is 3.45. The van der Waals surface area contributed by atoms with Gasteiger partial charge in [-0.1, -0.05) is 23.2 Å². The number of benzene rings is 1. The summed E-state index contributed by atoms with van der Waals surface area (Å²) in [6.45, 7) is 1.55. The lowest BCUT2D eigenvalue weighted by molar-refractivity contribution is 0.385. The van der Waals surface area contributed by atoms with Gasteiger partial charge in [-0.3, -0.25) is 0 Å². The molecular weight excluding hydrogens is 202 g/mol. The molecule has 0 radical (unpaired) electrons. The minimum atomic E-state index is -0.466. The van der Waals surface area contributed by atoms with Crippen molar-refractivity contribution in [2.75, 3.05) is 7.11 Å². The Labute approximate surface area is 80.0 Å². The maximum absolute atomic E-state index is 13.2. The van der Waals surface area contributed by atoms with Gasteiger partial charge in [-0.15, -0.1) is 0 Å². The van der Waals surface area contributed by atoms with E-state index in [9.17, 15) is 4.39 Å². The van der Waals surface area contributed by atoms with E-state index >= 15 is 0 Å². The van der Waals surface area contributed by atoms with Crippen LogP contribution in [0.3, 0.4) is 0 Å². The number of hydrogen-bond acceptors (Lipinski definition) is 1. The highest BCUT2D eigenvalue weighted by Gasteiger charge is 2.12. The fourth-order valence-corrected chi connectivity index (χ4v) is 1.23. The first-order valence-electron chi connectivity index (χ1n) is 3.26. The Balaban J connectivity index is 3.39. The highest BCUT2D eigenvalue weighted by molar-refractivity contribution is 6.42. The third-order valence-electron chi connectivity index (χ3n) is 1.56. The summed E-state index contributed by atoms with van der Waals surface area (Å²) in [4.78, 5) is 0. The van der Waals surface area contributed by atoms with Crippen LogP contribution < -0.4 is 4.74 Å². The summed E-state index contributed by atoms with van der Waals surface area (Å²) in [5.74, 6) is -0.353. The van der Waals surface area contributed by atoms with E-state index in [-0.39, 0.29) is 10.8 Å². The molecule has 0 aliphatic heterocycles. The molecule has 0 amide bonds. The molecule has 0 heterocycles. The van der Waals surface area contributed by atoms with Crippen LogP contribution >= 0.6 is 23.2 Å². The van der Waals surface area contributed by atoms with Crippen molar-refractivity contribution < 1.29 is 9.13 Å². The smallest absolute Gasteiger partial charge is 0.169 e. The van der Waals surface area contributed by atoms with Gasteiger partial charge in [-0.05, 0) is 6.92 Å². The van der Waals surface area contributed by atoms with Gasteiger partial charge in [0.05, 0.1) is 17.2 Å². The third-order valence-corrected chi connectivity index (χ3v) is 2.44. The molecule has 0 bridgehead atoms. The van der Waals surface area contributed by atoms with Crippen molar-refractivity contribution in [1.29, 1.82) is 0 Å². The largest absolute Gasteiger partial charge is 0.494 e. The molecule has 0 fully saturated rings. The van der Waals surface area contributed by atoms with E-state index in [4.69, 9.17) is 27.9 Å². The standard InChI is InChI=1S/C8H7Cl2FO/c1-4-7(10)5(9)3-6(12-2)8(4)11/h3H,1-2H3. The van der Waals surface area contributed by atoms with Crippen LogP contribution in [0.1, 0.15) is 5.56 Å². The number of hydrogen-bond donors (Lipinski definition) is 0. The van der Waals surface area contributed by atoms with Gasteiger partial charge in [0.1, 0.15) is 0 Å². The predicted molar refractivity (Wildman–Crippen MR) is 47.7 cm³/mol. The van der Waals surface area contributed by atoms with Crippen LogP contribution in [0.5, 0.6) is 5.75 Å². The van der Waals surface area contributed by atoms with Crippen molar-refractivity contribution >= 4 is 23.2 Å². The highest BCUT2D eigenvalue weighted by Crippen LogP contribution is 2.33. The minimum absolute atomic E-state index is 0.113. The maximum atomic E-state index is 13.2. The van der Waals surface area contributed by atoms with E-state index in [1.165, 1.54) is 13.2 Å². The van der Waals surface area contributed by atoms with Gasteiger partial charge in [-0.25, -0.2) is 4.39 Å². The van der Waals surface area contributed by atoms with E-state index in [0.717, 1.165) is 0 Å². The number of ether oxygens (including phenoxy) is 1. The molecule has 0 saturated carbocycles. The molecular formula is C8H7Cl2FO. The van der Waals surface area contributed by atoms with E-state index in [2.05, 4.69) is 0 Å². The summed E-state index contributed by atoms with van der Waals surface area (Å²) in [6, 6.07) is 1.35. The molecule has 66 valence electrons. The van der Waals surface area contributed by atoms with Crippen LogP contribution in [-0.4, -0.2) is 7.11 Å². The third kappa shape index (κ3) is 1.50. The zero-order chi connectivity index (χ0) is 9.30. The lowest BCUT2D eigenvalue weighted by Crippen LogP contribution is -1.92. The second-order valence-electron chi connectivity index (χ2n) is 2.31. The molecule has 0 N–H and O–H groups in total. The van der Waals surface area contributed by atoms with Crippen molar-refractivity contribution in [1.82, 2.24) is 0 Å². The molecule has 1 rings (SSSR count). The molecule has 12 heavy (non-hydrogen) atoms. The Hall–Kier alpha value is -0.470. The van der Waals surface area contributed by atoms with E-state index in [1.807, 2.05) is 0 Å². The highest BCUT2D eigenvalue weighted by atomic mass is 35.5. The topological polar surface area (TPSA) is 9.23 Å². The summed E-state index contributed by atoms with van der Waals surface area (Å²) >= 11 is 11.4. The molecule has 0 aliphatic rings. The number of methoxy groups -OCH3 is 1. The molecule has 0 spiro atoms. The molecule has 0 unspecified atom stereocenters.